The van der Waals surface area contributed by atoms with E-state index >= 15 is 0 Å². The number of hydrogen-bond acceptors (Lipinski definition) is 6. The number of carbonyl (C=O) groups excluding carboxylic acids is 4. The van der Waals surface area contributed by atoms with E-state index in [0.717, 1.165) is 19.3 Å². The van der Waals surface area contributed by atoms with Gasteiger partial charge >= 0.3 is 12.1 Å². The molecule has 1 aromatic rings. The summed E-state index contributed by atoms with van der Waals surface area (Å²) >= 11 is 0. The van der Waals surface area contributed by atoms with E-state index in [0.29, 0.717) is 24.0 Å². The Balaban J connectivity index is 3.53. The van der Waals surface area contributed by atoms with Gasteiger partial charge in [-0.05, 0) is 58.1 Å². The first-order valence-electron chi connectivity index (χ1n) is 14.6. The number of benzene rings is 1. The van der Waals surface area contributed by atoms with E-state index in [-0.39, 0.29) is 32.0 Å². The molecule has 9 nitrogen and oxygen atoms in total. The zero-order valence-electron chi connectivity index (χ0n) is 25.9. The lowest BCUT2D eigenvalue weighted by Crippen LogP contribution is -2.53. The van der Waals surface area contributed by atoms with Gasteiger partial charge in [0.15, 0.2) is 0 Å². The number of amides is 3. The van der Waals surface area contributed by atoms with Crippen LogP contribution < -0.4 is 10.6 Å². The summed E-state index contributed by atoms with van der Waals surface area (Å²) in [5, 5.41) is 5.54. The minimum absolute atomic E-state index is 0.0102. The van der Waals surface area contributed by atoms with Crippen LogP contribution in [-0.2, 0) is 23.9 Å². The minimum Gasteiger partial charge on any atom is -0.466 e. The Kier molecular flexibility index (Phi) is 15.6. The molecule has 1 rings (SSSR count). The third-order valence-corrected chi connectivity index (χ3v) is 6.14. The SMILES string of the molecule is C#Cc1ccccc1C(C(=O)NCCC(=O)OCC)N(CCCCCC)C(=O)C(CC(C)C)NC(=O)OC(C)(C)C. The third kappa shape index (κ3) is 13.1. The molecule has 3 amide bonds. The lowest BCUT2D eigenvalue weighted by atomic mass is 9.95. The maximum absolute atomic E-state index is 14.3. The molecule has 0 saturated carbocycles. The van der Waals surface area contributed by atoms with Crippen molar-refractivity contribution in [1.82, 2.24) is 15.5 Å². The van der Waals surface area contributed by atoms with Gasteiger partial charge in [-0.25, -0.2) is 4.79 Å². The van der Waals surface area contributed by atoms with Crippen LogP contribution in [0.1, 0.15) is 104 Å². The van der Waals surface area contributed by atoms with Gasteiger partial charge in [0.25, 0.3) is 0 Å². The second kappa shape index (κ2) is 18.0. The number of unbranched alkanes of at least 4 members (excludes halogenated alkanes) is 3. The Morgan fingerprint density at radius 1 is 1.05 bits per heavy atom. The number of nitrogens with zero attached hydrogens (tertiary/aromatic N) is 1. The molecule has 0 aromatic heterocycles. The molecular weight excluding hydrogens is 522 g/mol. The highest BCUT2D eigenvalue weighted by molar-refractivity contribution is 5.92. The summed E-state index contributed by atoms with van der Waals surface area (Å²) in [4.78, 5) is 54.2. The molecule has 0 saturated heterocycles. The molecule has 0 radical (unpaired) electrons. The Labute approximate surface area is 246 Å². The van der Waals surface area contributed by atoms with Crippen LogP contribution in [0.5, 0.6) is 0 Å². The van der Waals surface area contributed by atoms with Gasteiger partial charge in [-0.15, -0.1) is 6.42 Å². The van der Waals surface area contributed by atoms with Crippen LogP contribution >= 0.6 is 0 Å². The van der Waals surface area contributed by atoms with E-state index < -0.39 is 41.6 Å². The summed E-state index contributed by atoms with van der Waals surface area (Å²) in [5.74, 6) is 1.39. The Bertz CT molecular complexity index is 1040. The third-order valence-electron chi connectivity index (χ3n) is 6.14. The van der Waals surface area contributed by atoms with E-state index in [1.54, 1.807) is 52.0 Å². The Morgan fingerprint density at radius 2 is 1.73 bits per heavy atom. The van der Waals surface area contributed by atoms with Crippen LogP contribution in [-0.4, -0.2) is 60.1 Å². The van der Waals surface area contributed by atoms with Crippen LogP contribution in [0.25, 0.3) is 0 Å². The second-order valence-electron chi connectivity index (χ2n) is 11.4. The van der Waals surface area contributed by atoms with Crippen molar-refractivity contribution in [1.29, 1.82) is 0 Å². The predicted molar refractivity (Wildman–Crippen MR) is 160 cm³/mol. The fourth-order valence-corrected chi connectivity index (χ4v) is 4.35. The number of alkyl carbamates (subject to hydrolysis) is 1. The molecule has 0 heterocycles. The standard InChI is InChI=1S/C32H49N3O6/c1-9-12-13-16-21-35(30(38)26(22-23(4)5)34-31(39)41-32(6,7)8)28(25-18-15-14-17-24(25)10-2)29(37)33-20-19-27(36)40-11-3/h2,14-15,17-18,23,26,28H,9,11-13,16,19-22H2,1,3-8H3,(H,33,37)(H,34,39). The molecule has 1 aromatic carbocycles. The monoisotopic (exact) mass is 571 g/mol. The predicted octanol–water partition coefficient (Wildman–Crippen LogP) is 5.13. The average Bonchev–Trinajstić information content (AvgIpc) is 2.88. The summed E-state index contributed by atoms with van der Waals surface area (Å²) in [7, 11) is 0. The summed E-state index contributed by atoms with van der Waals surface area (Å²) < 4.78 is 10.4. The van der Waals surface area contributed by atoms with Gasteiger partial charge in [-0.3, -0.25) is 14.4 Å². The van der Waals surface area contributed by atoms with E-state index in [9.17, 15) is 19.2 Å². The van der Waals surface area contributed by atoms with Crippen molar-refractivity contribution in [3.05, 3.63) is 35.4 Å². The highest BCUT2D eigenvalue weighted by Crippen LogP contribution is 2.27. The van der Waals surface area contributed by atoms with Crippen molar-refractivity contribution in [3.63, 3.8) is 0 Å². The van der Waals surface area contributed by atoms with Crippen molar-refractivity contribution in [2.45, 2.75) is 105 Å². The second-order valence-corrected chi connectivity index (χ2v) is 11.4. The minimum atomic E-state index is -1.08. The van der Waals surface area contributed by atoms with Gasteiger partial charge < -0.3 is 25.0 Å². The summed E-state index contributed by atoms with van der Waals surface area (Å²) in [6, 6.07) is 4.98. The van der Waals surface area contributed by atoms with E-state index in [4.69, 9.17) is 15.9 Å². The zero-order valence-corrected chi connectivity index (χ0v) is 25.9. The van der Waals surface area contributed by atoms with Crippen molar-refractivity contribution in [2.75, 3.05) is 19.7 Å². The quantitative estimate of drug-likeness (QED) is 0.162. The first-order chi connectivity index (χ1) is 19.3. The molecule has 0 aliphatic heterocycles. The molecule has 2 N–H and O–H groups in total. The maximum Gasteiger partial charge on any atom is 0.408 e. The number of ether oxygens (including phenoxy) is 2. The first kappa shape index (κ1) is 35.5. The highest BCUT2D eigenvalue weighted by atomic mass is 16.6. The molecular formula is C32H49N3O6. The number of terminal acetylenes is 1. The molecule has 0 fully saturated rings. The molecule has 0 aliphatic rings. The molecule has 2 atom stereocenters. The summed E-state index contributed by atoms with van der Waals surface area (Å²) in [6.07, 6.45) is 8.94. The number of hydrogen-bond donors (Lipinski definition) is 2. The van der Waals surface area contributed by atoms with Crippen LogP contribution in [0.4, 0.5) is 4.79 Å². The van der Waals surface area contributed by atoms with Crippen molar-refractivity contribution in [3.8, 4) is 12.3 Å². The molecule has 2 unspecified atom stereocenters. The molecule has 41 heavy (non-hydrogen) atoms. The lowest BCUT2D eigenvalue weighted by Gasteiger charge is -2.35. The van der Waals surface area contributed by atoms with Crippen LogP contribution in [0, 0.1) is 18.3 Å². The van der Waals surface area contributed by atoms with Gasteiger partial charge in [0, 0.05) is 18.7 Å². The number of rotatable bonds is 16. The maximum atomic E-state index is 14.3. The van der Waals surface area contributed by atoms with Crippen molar-refractivity contribution >= 4 is 23.9 Å². The zero-order chi connectivity index (χ0) is 31.0. The number of esters is 1. The molecule has 0 spiro atoms. The smallest absolute Gasteiger partial charge is 0.408 e. The largest absolute Gasteiger partial charge is 0.466 e. The van der Waals surface area contributed by atoms with Gasteiger partial charge in [-0.2, -0.15) is 0 Å². The molecule has 0 bridgehead atoms. The lowest BCUT2D eigenvalue weighted by molar-refractivity contribution is -0.144. The fraction of sp³-hybridized carbons (Fsp3) is 0.625. The van der Waals surface area contributed by atoms with Crippen molar-refractivity contribution in [2.24, 2.45) is 5.92 Å². The number of carbonyl (C=O) groups is 4. The highest BCUT2D eigenvalue weighted by Gasteiger charge is 2.37. The number of nitrogens with one attached hydrogen (secondary N) is 2. The summed E-state index contributed by atoms with van der Waals surface area (Å²) in [5.41, 5.74) is 0.223. The van der Waals surface area contributed by atoms with Crippen LogP contribution in [0.2, 0.25) is 0 Å². The normalized spacial score (nSPS) is 12.6. The van der Waals surface area contributed by atoms with Crippen molar-refractivity contribution < 1.29 is 28.7 Å². The Morgan fingerprint density at radius 3 is 2.32 bits per heavy atom. The molecule has 9 heteroatoms. The average molecular weight is 572 g/mol. The van der Waals surface area contributed by atoms with Gasteiger partial charge in [0.05, 0.1) is 13.0 Å². The fourth-order valence-electron chi connectivity index (χ4n) is 4.35. The Hall–Kier alpha value is -3.54. The van der Waals surface area contributed by atoms with Gasteiger partial charge in [-0.1, -0.05) is 64.2 Å². The van der Waals surface area contributed by atoms with E-state index in [1.807, 2.05) is 13.8 Å². The van der Waals surface area contributed by atoms with Crippen LogP contribution in [0.3, 0.4) is 0 Å². The topological polar surface area (TPSA) is 114 Å². The van der Waals surface area contributed by atoms with Gasteiger partial charge in [0.1, 0.15) is 17.7 Å². The van der Waals surface area contributed by atoms with Crippen LogP contribution in [0.15, 0.2) is 24.3 Å². The molecule has 228 valence electrons. The van der Waals surface area contributed by atoms with E-state index in [2.05, 4.69) is 23.5 Å². The first-order valence-corrected chi connectivity index (χ1v) is 14.6. The summed E-state index contributed by atoms with van der Waals surface area (Å²) in [6.45, 7) is 13.5. The van der Waals surface area contributed by atoms with Gasteiger partial charge in [0.2, 0.25) is 11.8 Å². The molecule has 0 aliphatic carbocycles. The van der Waals surface area contributed by atoms with E-state index in [1.165, 1.54) is 4.90 Å².